The highest BCUT2D eigenvalue weighted by Gasteiger charge is 2.31. The predicted octanol–water partition coefficient (Wildman–Crippen LogP) is 7.08. The SMILES string of the molecule is COc1ccc(S(=O)(=O)N(CCO)CCO[C@H]2C[C@@H](c3coc4ccccc34)C=C(C(=O)Nc3ccc(-c4nc5ccc(C)cc5s4)cc3)O2)cc1. The fraction of sp³-hybridized carbons (Fsp3) is 0.231. The molecule has 1 amide bonds. The monoisotopic (exact) mass is 739 g/mol. The van der Waals surface area contributed by atoms with Gasteiger partial charge in [0.15, 0.2) is 5.76 Å². The second-order valence-electron chi connectivity index (χ2n) is 12.3. The summed E-state index contributed by atoms with van der Waals surface area (Å²) in [6, 6.07) is 27.3. The molecule has 11 nitrogen and oxygen atoms in total. The first-order chi connectivity index (χ1) is 25.2. The molecule has 4 aromatic carbocycles. The number of carbonyl (C=O) groups excluding carboxylic acids is 1. The summed E-state index contributed by atoms with van der Waals surface area (Å²) in [5.74, 6) is -0.173. The Labute approximate surface area is 305 Å². The topological polar surface area (TPSA) is 140 Å². The minimum absolute atomic E-state index is 0.0550. The van der Waals surface area contributed by atoms with Crippen molar-refractivity contribution in [3.8, 4) is 16.3 Å². The average molecular weight is 740 g/mol. The number of methoxy groups -OCH3 is 1. The number of para-hydroxylation sites is 1. The molecule has 0 saturated heterocycles. The van der Waals surface area contributed by atoms with E-state index < -0.39 is 22.2 Å². The van der Waals surface area contributed by atoms with Gasteiger partial charge in [-0.3, -0.25) is 4.79 Å². The second-order valence-corrected chi connectivity index (χ2v) is 15.3. The summed E-state index contributed by atoms with van der Waals surface area (Å²) in [7, 11) is -2.45. The van der Waals surface area contributed by atoms with Crippen LogP contribution in [0.2, 0.25) is 0 Å². The van der Waals surface area contributed by atoms with E-state index in [2.05, 4.69) is 18.3 Å². The third-order valence-corrected chi connectivity index (χ3v) is 11.8. The zero-order chi connectivity index (χ0) is 36.2. The second kappa shape index (κ2) is 15.3. The number of aromatic nitrogens is 1. The Kier molecular flexibility index (Phi) is 10.4. The molecule has 0 spiro atoms. The van der Waals surface area contributed by atoms with Gasteiger partial charge in [0.25, 0.3) is 5.91 Å². The van der Waals surface area contributed by atoms with Crippen LogP contribution in [0, 0.1) is 6.92 Å². The van der Waals surface area contributed by atoms with E-state index in [4.69, 9.17) is 23.6 Å². The largest absolute Gasteiger partial charge is 0.497 e. The van der Waals surface area contributed by atoms with Crippen LogP contribution in [0.5, 0.6) is 5.75 Å². The first-order valence-electron chi connectivity index (χ1n) is 16.7. The van der Waals surface area contributed by atoms with Gasteiger partial charge in [-0.1, -0.05) is 24.3 Å². The number of hydrogen-bond acceptors (Lipinski definition) is 10. The van der Waals surface area contributed by atoms with Gasteiger partial charge in [0.05, 0.1) is 41.7 Å². The Balaban J connectivity index is 1.07. The molecule has 0 fully saturated rings. The molecule has 3 heterocycles. The Morgan fingerprint density at radius 1 is 1.04 bits per heavy atom. The van der Waals surface area contributed by atoms with Crippen molar-refractivity contribution in [2.45, 2.75) is 30.4 Å². The number of sulfonamides is 1. The maximum atomic E-state index is 13.7. The van der Waals surface area contributed by atoms with E-state index in [1.807, 2.05) is 60.7 Å². The first kappa shape index (κ1) is 35.4. The van der Waals surface area contributed by atoms with Gasteiger partial charge in [0, 0.05) is 47.6 Å². The Hall–Kier alpha value is -5.05. The molecule has 1 aliphatic heterocycles. The van der Waals surface area contributed by atoms with E-state index >= 15 is 0 Å². The van der Waals surface area contributed by atoms with Crippen molar-refractivity contribution in [3.05, 3.63) is 120 Å². The van der Waals surface area contributed by atoms with Crippen LogP contribution in [0.3, 0.4) is 0 Å². The number of aryl methyl sites for hydroxylation is 1. The number of fused-ring (bicyclic) bond motifs is 2. The normalized spacial score (nSPS) is 16.2. The maximum absolute atomic E-state index is 13.7. The predicted molar refractivity (Wildman–Crippen MR) is 200 cm³/mol. The molecule has 0 unspecified atom stereocenters. The number of nitrogens with zero attached hydrogens (tertiary/aromatic N) is 2. The molecule has 0 bridgehead atoms. The highest BCUT2D eigenvalue weighted by atomic mass is 32.2. The Morgan fingerprint density at radius 3 is 2.60 bits per heavy atom. The van der Waals surface area contributed by atoms with Crippen LogP contribution in [-0.2, 0) is 24.3 Å². The van der Waals surface area contributed by atoms with Crippen molar-refractivity contribution in [1.82, 2.24) is 9.29 Å². The van der Waals surface area contributed by atoms with Crippen molar-refractivity contribution < 1.29 is 36.9 Å². The van der Waals surface area contributed by atoms with Crippen molar-refractivity contribution in [1.29, 1.82) is 0 Å². The molecule has 2 aromatic heterocycles. The van der Waals surface area contributed by atoms with Crippen molar-refractivity contribution in [3.63, 3.8) is 0 Å². The number of amides is 1. The van der Waals surface area contributed by atoms with Gasteiger partial charge in [0.1, 0.15) is 16.3 Å². The van der Waals surface area contributed by atoms with Gasteiger partial charge in [-0.15, -0.1) is 11.3 Å². The number of furan rings is 1. The minimum atomic E-state index is -3.94. The summed E-state index contributed by atoms with van der Waals surface area (Å²) >= 11 is 1.62. The molecule has 52 heavy (non-hydrogen) atoms. The summed E-state index contributed by atoms with van der Waals surface area (Å²) in [5.41, 5.74) is 5.23. The number of benzene rings is 4. The zero-order valence-corrected chi connectivity index (χ0v) is 30.2. The van der Waals surface area contributed by atoms with E-state index in [1.165, 1.54) is 24.8 Å². The van der Waals surface area contributed by atoms with E-state index in [-0.39, 0.29) is 42.9 Å². The quantitative estimate of drug-likeness (QED) is 0.127. The van der Waals surface area contributed by atoms with E-state index in [0.717, 1.165) is 36.0 Å². The summed E-state index contributed by atoms with van der Waals surface area (Å²) in [5, 5.41) is 14.4. The van der Waals surface area contributed by atoms with Crippen LogP contribution in [0.15, 0.2) is 118 Å². The fourth-order valence-electron chi connectivity index (χ4n) is 6.11. The number of hydrogen-bond donors (Lipinski definition) is 2. The maximum Gasteiger partial charge on any atom is 0.290 e. The van der Waals surface area contributed by atoms with Gasteiger partial charge in [-0.25, -0.2) is 13.4 Å². The summed E-state index contributed by atoms with van der Waals surface area (Å²) < 4.78 is 52.3. The third kappa shape index (κ3) is 7.59. The first-order valence-corrected chi connectivity index (χ1v) is 19.0. The lowest BCUT2D eigenvalue weighted by Crippen LogP contribution is -2.37. The lowest BCUT2D eigenvalue weighted by Gasteiger charge is -2.30. The molecular weight excluding hydrogens is 703 g/mol. The number of thiazole rings is 1. The summed E-state index contributed by atoms with van der Waals surface area (Å²) in [6.45, 7) is 1.44. The van der Waals surface area contributed by atoms with E-state index in [9.17, 15) is 18.3 Å². The standard InChI is InChI=1S/C39H37N3O8S2/c1-25-7-16-33-36(21-25)51-39(41-33)26-8-10-28(11-9-26)40-38(44)35-22-27(32-24-49-34-6-4-3-5-31(32)34)23-37(50-35)48-20-18-42(17-19-43)52(45,46)30-14-12-29(47-2)13-15-30/h3-16,21-22,24,27,37,43H,17-20,23H2,1-2H3,(H,40,44)/t27-,37+/m0/s1. The molecule has 13 heteroatoms. The average Bonchev–Trinajstić information content (AvgIpc) is 3.79. The Morgan fingerprint density at radius 2 is 1.83 bits per heavy atom. The van der Waals surface area contributed by atoms with Crippen LogP contribution in [0.1, 0.15) is 23.5 Å². The van der Waals surface area contributed by atoms with Gasteiger partial charge in [-0.05, 0) is 85.3 Å². The molecule has 6 aromatic rings. The van der Waals surface area contributed by atoms with Crippen LogP contribution in [0.25, 0.3) is 31.8 Å². The molecule has 7 rings (SSSR count). The summed E-state index contributed by atoms with van der Waals surface area (Å²) in [6.07, 6.45) is 2.91. The number of ether oxygens (including phenoxy) is 3. The highest BCUT2D eigenvalue weighted by Crippen LogP contribution is 2.37. The van der Waals surface area contributed by atoms with Crippen molar-refractivity contribution >= 4 is 54.1 Å². The lowest BCUT2D eigenvalue weighted by atomic mass is 9.92. The van der Waals surface area contributed by atoms with E-state index in [1.54, 1.807) is 35.8 Å². The Bertz CT molecular complexity index is 2330. The van der Waals surface area contributed by atoms with Gasteiger partial charge in [-0.2, -0.15) is 4.31 Å². The number of anilines is 1. The molecule has 1 aliphatic rings. The van der Waals surface area contributed by atoms with Crippen molar-refractivity contribution in [2.75, 3.05) is 38.7 Å². The van der Waals surface area contributed by atoms with Crippen LogP contribution in [0.4, 0.5) is 5.69 Å². The van der Waals surface area contributed by atoms with Crippen LogP contribution < -0.4 is 10.1 Å². The lowest BCUT2D eigenvalue weighted by molar-refractivity contribution is -0.143. The smallest absolute Gasteiger partial charge is 0.290 e. The highest BCUT2D eigenvalue weighted by molar-refractivity contribution is 7.89. The van der Waals surface area contributed by atoms with E-state index in [0.29, 0.717) is 23.4 Å². The number of nitrogens with one attached hydrogen (secondary N) is 1. The van der Waals surface area contributed by atoms with Crippen molar-refractivity contribution in [2.24, 2.45) is 0 Å². The minimum Gasteiger partial charge on any atom is -0.497 e. The third-order valence-electron chi connectivity index (χ3n) is 8.82. The molecule has 0 radical (unpaired) electrons. The van der Waals surface area contributed by atoms with Gasteiger partial charge < -0.3 is 29.1 Å². The molecule has 0 saturated carbocycles. The number of allylic oxidation sites excluding steroid dienone is 1. The molecule has 0 aliphatic carbocycles. The number of aliphatic hydroxyl groups is 1. The number of aliphatic hydroxyl groups excluding tert-OH is 1. The van der Waals surface area contributed by atoms with Gasteiger partial charge >= 0.3 is 0 Å². The van der Waals surface area contributed by atoms with Gasteiger partial charge in [0.2, 0.25) is 16.3 Å². The number of carbonyl (C=O) groups is 1. The molecule has 268 valence electrons. The zero-order valence-electron chi connectivity index (χ0n) is 28.5. The number of rotatable bonds is 13. The summed E-state index contributed by atoms with van der Waals surface area (Å²) in [4.78, 5) is 18.5. The van der Waals surface area contributed by atoms with Crippen LogP contribution >= 0.6 is 11.3 Å². The fourth-order valence-corrected chi connectivity index (χ4v) is 8.60. The van der Waals surface area contributed by atoms with Crippen LogP contribution in [-0.4, -0.2) is 68.4 Å². The molecule has 2 N–H and O–H groups in total. The molecule has 2 atom stereocenters. The molecular formula is C39H37N3O8S2.